The number of alkyl halides is 3. The molecule has 0 saturated heterocycles. The SMILES string of the molecule is FC(F)(F)c1ccc2c(c1)c1ccccc1c1c3ccccc3c3ccccc3c21. The van der Waals surface area contributed by atoms with Gasteiger partial charge in [0, 0.05) is 0 Å². The highest BCUT2D eigenvalue weighted by atomic mass is 19.4. The zero-order valence-corrected chi connectivity index (χ0v) is 15.8. The fourth-order valence-corrected chi connectivity index (χ4v) is 4.80. The van der Waals surface area contributed by atoms with Crippen LogP contribution in [0.2, 0.25) is 0 Å². The van der Waals surface area contributed by atoms with Crippen LogP contribution in [0.3, 0.4) is 0 Å². The first-order valence-corrected chi connectivity index (χ1v) is 9.79. The molecule has 30 heavy (non-hydrogen) atoms. The monoisotopic (exact) mass is 396 g/mol. The van der Waals surface area contributed by atoms with E-state index >= 15 is 0 Å². The minimum Gasteiger partial charge on any atom is -0.166 e. The largest absolute Gasteiger partial charge is 0.416 e. The summed E-state index contributed by atoms with van der Waals surface area (Å²) in [5, 5.41) is 9.82. The van der Waals surface area contributed by atoms with Crippen LogP contribution in [0.1, 0.15) is 5.56 Å². The Morgan fingerprint density at radius 2 is 0.767 bits per heavy atom. The van der Waals surface area contributed by atoms with Gasteiger partial charge in [-0.15, -0.1) is 0 Å². The summed E-state index contributed by atoms with van der Waals surface area (Å²) >= 11 is 0. The van der Waals surface area contributed by atoms with E-state index in [9.17, 15) is 13.2 Å². The first-order valence-electron chi connectivity index (χ1n) is 9.79. The molecule has 0 nitrogen and oxygen atoms in total. The molecule has 0 N–H and O–H groups in total. The Kier molecular flexibility index (Phi) is 3.43. The van der Waals surface area contributed by atoms with Gasteiger partial charge in [-0.25, -0.2) is 0 Å². The van der Waals surface area contributed by atoms with Gasteiger partial charge in [0.1, 0.15) is 0 Å². The lowest BCUT2D eigenvalue weighted by atomic mass is 9.87. The third-order valence-electron chi connectivity index (χ3n) is 6.04. The third kappa shape index (κ3) is 2.29. The standard InChI is InChI=1S/C27H15F3/c28-27(29,30)16-13-14-23-24(15-16)19-9-3-6-12-22(19)25-20-10-4-1-7-17(20)18-8-2-5-11-21(18)26(23)25/h1-15H. The second-order valence-electron chi connectivity index (χ2n) is 7.64. The molecule has 0 aliphatic heterocycles. The van der Waals surface area contributed by atoms with Gasteiger partial charge in [-0.1, -0.05) is 78.9 Å². The number of rotatable bonds is 0. The summed E-state index contributed by atoms with van der Waals surface area (Å²) in [7, 11) is 0. The van der Waals surface area contributed by atoms with Gasteiger partial charge in [0.2, 0.25) is 0 Å². The second-order valence-corrected chi connectivity index (χ2v) is 7.64. The average molecular weight is 396 g/mol. The molecule has 6 aromatic carbocycles. The van der Waals surface area contributed by atoms with E-state index in [1.807, 2.05) is 48.5 Å². The highest BCUT2D eigenvalue weighted by molar-refractivity contribution is 6.39. The fraction of sp³-hybridized carbons (Fsp3) is 0.0370. The number of hydrogen-bond acceptors (Lipinski definition) is 0. The summed E-state index contributed by atoms with van der Waals surface area (Å²) in [5.74, 6) is 0. The van der Waals surface area contributed by atoms with Crippen molar-refractivity contribution in [2.45, 2.75) is 6.18 Å². The van der Waals surface area contributed by atoms with Crippen molar-refractivity contribution in [1.82, 2.24) is 0 Å². The van der Waals surface area contributed by atoms with E-state index in [0.29, 0.717) is 5.39 Å². The van der Waals surface area contributed by atoms with Gasteiger partial charge in [-0.2, -0.15) is 13.2 Å². The van der Waals surface area contributed by atoms with E-state index in [1.165, 1.54) is 12.1 Å². The molecular weight excluding hydrogens is 381 g/mol. The molecule has 0 amide bonds. The van der Waals surface area contributed by atoms with Crippen LogP contribution in [0, 0.1) is 0 Å². The summed E-state index contributed by atoms with van der Waals surface area (Å²) in [6, 6.07) is 28.3. The van der Waals surface area contributed by atoms with Crippen molar-refractivity contribution in [1.29, 1.82) is 0 Å². The predicted molar refractivity (Wildman–Crippen MR) is 119 cm³/mol. The molecule has 6 rings (SSSR count). The van der Waals surface area contributed by atoms with Crippen LogP contribution in [0.25, 0.3) is 53.9 Å². The van der Waals surface area contributed by atoms with Gasteiger partial charge < -0.3 is 0 Å². The molecule has 0 bridgehead atoms. The first-order chi connectivity index (χ1) is 14.5. The van der Waals surface area contributed by atoms with Gasteiger partial charge in [-0.3, -0.25) is 0 Å². The minimum atomic E-state index is -4.38. The van der Waals surface area contributed by atoms with Gasteiger partial charge in [0.05, 0.1) is 5.56 Å². The fourth-order valence-electron chi connectivity index (χ4n) is 4.80. The summed E-state index contributed by atoms with van der Waals surface area (Å²) in [5.41, 5.74) is -0.621. The lowest BCUT2D eigenvalue weighted by Crippen LogP contribution is -2.04. The van der Waals surface area contributed by atoms with Gasteiger partial charge in [-0.05, 0) is 66.0 Å². The van der Waals surface area contributed by atoms with Gasteiger partial charge in [0.15, 0.2) is 0 Å². The number of fused-ring (bicyclic) bond motifs is 11. The van der Waals surface area contributed by atoms with Crippen LogP contribution in [0.15, 0.2) is 91.0 Å². The number of benzene rings is 6. The van der Waals surface area contributed by atoms with Crippen LogP contribution in [0.5, 0.6) is 0 Å². The molecule has 0 spiro atoms. The molecule has 0 aliphatic carbocycles. The third-order valence-corrected chi connectivity index (χ3v) is 6.04. The molecule has 144 valence electrons. The lowest BCUT2D eigenvalue weighted by Gasteiger charge is -2.17. The highest BCUT2D eigenvalue weighted by Gasteiger charge is 2.31. The Morgan fingerprint density at radius 1 is 0.400 bits per heavy atom. The van der Waals surface area contributed by atoms with Crippen molar-refractivity contribution in [3.63, 3.8) is 0 Å². The van der Waals surface area contributed by atoms with Crippen molar-refractivity contribution in [3.05, 3.63) is 96.6 Å². The highest BCUT2D eigenvalue weighted by Crippen LogP contribution is 2.44. The smallest absolute Gasteiger partial charge is 0.166 e. The zero-order valence-electron chi connectivity index (χ0n) is 15.8. The molecule has 6 aromatic rings. The Balaban J connectivity index is 2.01. The number of hydrogen-bond donors (Lipinski definition) is 0. The molecule has 0 heterocycles. The molecule has 0 saturated carbocycles. The Bertz CT molecular complexity index is 1620. The normalized spacial score (nSPS) is 12.5. The number of halogens is 3. The quantitative estimate of drug-likeness (QED) is 0.226. The van der Waals surface area contributed by atoms with Crippen LogP contribution in [-0.2, 0) is 6.18 Å². The molecule has 0 unspecified atom stereocenters. The van der Waals surface area contributed by atoms with Crippen LogP contribution in [-0.4, -0.2) is 0 Å². The Morgan fingerprint density at radius 3 is 1.20 bits per heavy atom. The van der Waals surface area contributed by atoms with E-state index in [0.717, 1.165) is 48.5 Å². The first kappa shape index (κ1) is 17.3. The van der Waals surface area contributed by atoms with Crippen molar-refractivity contribution in [3.8, 4) is 0 Å². The van der Waals surface area contributed by atoms with Crippen LogP contribution < -0.4 is 0 Å². The van der Waals surface area contributed by atoms with Gasteiger partial charge >= 0.3 is 6.18 Å². The van der Waals surface area contributed by atoms with E-state index in [-0.39, 0.29) is 0 Å². The van der Waals surface area contributed by atoms with Crippen LogP contribution in [0.4, 0.5) is 13.2 Å². The van der Waals surface area contributed by atoms with E-state index in [2.05, 4.69) is 24.3 Å². The minimum absolute atomic E-state index is 0.621. The van der Waals surface area contributed by atoms with Crippen molar-refractivity contribution in [2.75, 3.05) is 0 Å². The maximum atomic E-state index is 13.5. The molecule has 0 aromatic heterocycles. The Hall–Kier alpha value is -3.59. The van der Waals surface area contributed by atoms with Crippen LogP contribution >= 0.6 is 0 Å². The van der Waals surface area contributed by atoms with E-state index in [1.54, 1.807) is 6.07 Å². The maximum absolute atomic E-state index is 13.5. The summed E-state index contributed by atoms with van der Waals surface area (Å²) < 4.78 is 40.5. The predicted octanol–water partition coefficient (Wildman–Crippen LogP) is 8.47. The molecule has 0 aliphatic rings. The molecule has 0 fully saturated rings. The second kappa shape index (κ2) is 5.96. The van der Waals surface area contributed by atoms with E-state index in [4.69, 9.17) is 0 Å². The molecule has 3 heteroatoms. The Labute approximate surface area is 170 Å². The summed E-state index contributed by atoms with van der Waals surface area (Å²) in [6.45, 7) is 0. The average Bonchev–Trinajstić information content (AvgIpc) is 2.78. The zero-order chi connectivity index (χ0) is 20.5. The maximum Gasteiger partial charge on any atom is 0.416 e. The summed E-state index contributed by atoms with van der Waals surface area (Å²) in [6.07, 6.45) is -4.38. The molecule has 0 atom stereocenters. The lowest BCUT2D eigenvalue weighted by molar-refractivity contribution is -0.137. The van der Waals surface area contributed by atoms with E-state index < -0.39 is 11.7 Å². The van der Waals surface area contributed by atoms with Crippen molar-refractivity contribution >= 4 is 53.9 Å². The van der Waals surface area contributed by atoms with Gasteiger partial charge in [0.25, 0.3) is 0 Å². The molecule has 0 radical (unpaired) electrons. The summed E-state index contributed by atoms with van der Waals surface area (Å²) in [4.78, 5) is 0. The van der Waals surface area contributed by atoms with Crippen molar-refractivity contribution < 1.29 is 13.2 Å². The molecular formula is C27H15F3. The van der Waals surface area contributed by atoms with Crippen molar-refractivity contribution in [2.24, 2.45) is 0 Å². The topological polar surface area (TPSA) is 0 Å².